The molecule has 0 saturated carbocycles. The van der Waals surface area contributed by atoms with E-state index in [-0.39, 0.29) is 11.9 Å². The van der Waals surface area contributed by atoms with Crippen molar-refractivity contribution in [2.45, 2.75) is 26.7 Å². The predicted octanol–water partition coefficient (Wildman–Crippen LogP) is 3.93. The van der Waals surface area contributed by atoms with E-state index in [0.29, 0.717) is 37.4 Å². The maximum atomic E-state index is 12.1. The third-order valence-electron chi connectivity index (χ3n) is 3.64. The summed E-state index contributed by atoms with van der Waals surface area (Å²) in [5, 5.41) is 8.20. The van der Waals surface area contributed by atoms with Gasteiger partial charge in [0.1, 0.15) is 5.75 Å². The molecule has 6 nitrogen and oxygen atoms in total. The van der Waals surface area contributed by atoms with Gasteiger partial charge in [-0.05, 0) is 50.1 Å². The maximum Gasteiger partial charge on any atom is 0.319 e. The average Bonchev–Trinajstić information content (AvgIpc) is 2.60. The number of amides is 3. The molecular formula is C20H25N3O3. The lowest BCUT2D eigenvalue weighted by molar-refractivity contribution is -0.116. The van der Waals surface area contributed by atoms with E-state index in [1.807, 2.05) is 38.1 Å². The number of urea groups is 1. The molecule has 2 aromatic rings. The normalized spacial score (nSPS) is 10.1. The van der Waals surface area contributed by atoms with Gasteiger partial charge in [0, 0.05) is 24.3 Å². The number of nitrogens with one attached hydrogen (secondary N) is 3. The van der Waals surface area contributed by atoms with Gasteiger partial charge < -0.3 is 20.7 Å². The van der Waals surface area contributed by atoms with Crippen LogP contribution in [0.4, 0.5) is 16.2 Å². The summed E-state index contributed by atoms with van der Waals surface area (Å²) >= 11 is 0. The standard InChI is InChI=1S/C20H25N3O3/c1-3-21-20(25)23-17-10-6-9-16(14-17)22-19(24)12-7-13-26-18-11-5-4-8-15(18)2/h4-6,8-11,14H,3,7,12-13H2,1-2H3,(H,22,24)(H2,21,23,25). The number of anilines is 2. The summed E-state index contributed by atoms with van der Waals surface area (Å²) in [5.41, 5.74) is 2.34. The van der Waals surface area contributed by atoms with Gasteiger partial charge >= 0.3 is 6.03 Å². The Morgan fingerprint density at radius 3 is 2.46 bits per heavy atom. The fourth-order valence-corrected chi connectivity index (χ4v) is 2.37. The van der Waals surface area contributed by atoms with Crippen LogP contribution >= 0.6 is 0 Å². The summed E-state index contributed by atoms with van der Waals surface area (Å²) in [7, 11) is 0. The lowest BCUT2D eigenvalue weighted by Crippen LogP contribution is -2.28. The Morgan fingerprint density at radius 2 is 1.73 bits per heavy atom. The fourth-order valence-electron chi connectivity index (χ4n) is 2.37. The Labute approximate surface area is 153 Å². The van der Waals surface area contributed by atoms with E-state index in [4.69, 9.17) is 4.74 Å². The minimum atomic E-state index is -0.274. The highest BCUT2D eigenvalue weighted by Gasteiger charge is 2.05. The first-order valence-corrected chi connectivity index (χ1v) is 8.71. The van der Waals surface area contributed by atoms with Crippen molar-refractivity contribution < 1.29 is 14.3 Å². The molecule has 0 fully saturated rings. The van der Waals surface area contributed by atoms with Crippen LogP contribution in [0, 0.1) is 6.92 Å². The van der Waals surface area contributed by atoms with Gasteiger partial charge in [0.25, 0.3) is 0 Å². The second-order valence-electron chi connectivity index (χ2n) is 5.83. The molecule has 0 spiro atoms. The van der Waals surface area contributed by atoms with Gasteiger partial charge in [-0.1, -0.05) is 24.3 Å². The average molecular weight is 355 g/mol. The Bertz CT molecular complexity index is 747. The number of hydrogen-bond acceptors (Lipinski definition) is 3. The minimum absolute atomic E-state index is 0.0893. The number of benzene rings is 2. The second-order valence-corrected chi connectivity index (χ2v) is 5.83. The first-order valence-electron chi connectivity index (χ1n) is 8.71. The van der Waals surface area contributed by atoms with Crippen molar-refractivity contribution in [2.24, 2.45) is 0 Å². The van der Waals surface area contributed by atoms with Crippen LogP contribution in [0.1, 0.15) is 25.3 Å². The molecule has 2 rings (SSSR count). The third-order valence-corrected chi connectivity index (χ3v) is 3.64. The van der Waals surface area contributed by atoms with Crippen LogP contribution in [-0.4, -0.2) is 25.1 Å². The lowest BCUT2D eigenvalue weighted by Gasteiger charge is -2.10. The van der Waals surface area contributed by atoms with Crippen LogP contribution in [0.2, 0.25) is 0 Å². The van der Waals surface area contributed by atoms with Gasteiger partial charge in [-0.15, -0.1) is 0 Å². The number of ether oxygens (including phenoxy) is 1. The molecule has 0 bridgehead atoms. The van der Waals surface area contributed by atoms with Crippen molar-refractivity contribution in [3.05, 3.63) is 54.1 Å². The highest BCUT2D eigenvalue weighted by Crippen LogP contribution is 2.17. The summed E-state index contributed by atoms with van der Waals surface area (Å²) in [6, 6.07) is 14.6. The van der Waals surface area contributed by atoms with Gasteiger partial charge in [0.05, 0.1) is 6.61 Å². The molecular weight excluding hydrogens is 330 g/mol. The lowest BCUT2D eigenvalue weighted by atomic mass is 10.2. The molecule has 3 amide bonds. The number of para-hydroxylation sites is 1. The number of carbonyl (C=O) groups is 2. The van der Waals surface area contributed by atoms with Gasteiger partial charge in [0.15, 0.2) is 0 Å². The van der Waals surface area contributed by atoms with Gasteiger partial charge in [-0.3, -0.25) is 4.79 Å². The van der Waals surface area contributed by atoms with Crippen LogP contribution in [0.5, 0.6) is 5.75 Å². The van der Waals surface area contributed by atoms with Crippen molar-refractivity contribution in [3.8, 4) is 5.75 Å². The van der Waals surface area contributed by atoms with E-state index in [2.05, 4.69) is 16.0 Å². The van der Waals surface area contributed by atoms with Crippen molar-refractivity contribution >= 4 is 23.3 Å². The number of rotatable bonds is 8. The largest absolute Gasteiger partial charge is 0.493 e. The topological polar surface area (TPSA) is 79.5 Å². The van der Waals surface area contributed by atoms with E-state index in [1.165, 1.54) is 0 Å². The zero-order valence-electron chi connectivity index (χ0n) is 15.2. The Morgan fingerprint density at radius 1 is 1.00 bits per heavy atom. The van der Waals surface area contributed by atoms with Crippen LogP contribution in [0.15, 0.2) is 48.5 Å². The molecule has 0 aliphatic carbocycles. The highest BCUT2D eigenvalue weighted by atomic mass is 16.5. The predicted molar refractivity (Wildman–Crippen MR) is 104 cm³/mol. The molecule has 26 heavy (non-hydrogen) atoms. The van der Waals surface area contributed by atoms with E-state index in [0.717, 1.165) is 11.3 Å². The van der Waals surface area contributed by atoms with E-state index in [9.17, 15) is 9.59 Å². The first-order chi connectivity index (χ1) is 12.6. The SMILES string of the molecule is CCNC(=O)Nc1cccc(NC(=O)CCCOc2ccccc2C)c1. The summed E-state index contributed by atoms with van der Waals surface area (Å²) in [6.07, 6.45) is 0.983. The van der Waals surface area contributed by atoms with Crippen molar-refractivity contribution in [3.63, 3.8) is 0 Å². The monoisotopic (exact) mass is 355 g/mol. The highest BCUT2D eigenvalue weighted by molar-refractivity contribution is 5.93. The summed E-state index contributed by atoms with van der Waals surface area (Å²) in [5.74, 6) is 0.755. The molecule has 0 aliphatic heterocycles. The summed E-state index contributed by atoms with van der Waals surface area (Å²) in [6.45, 7) is 4.87. The zero-order chi connectivity index (χ0) is 18.8. The molecule has 138 valence electrons. The van der Waals surface area contributed by atoms with Crippen molar-refractivity contribution in [2.75, 3.05) is 23.8 Å². The van der Waals surface area contributed by atoms with Gasteiger partial charge in [-0.25, -0.2) is 4.79 Å². The number of aryl methyl sites for hydroxylation is 1. The number of hydrogen-bond donors (Lipinski definition) is 3. The second kappa shape index (κ2) is 10.1. The molecule has 0 radical (unpaired) electrons. The summed E-state index contributed by atoms with van der Waals surface area (Å²) < 4.78 is 5.69. The Kier molecular flexibility index (Phi) is 7.49. The molecule has 0 saturated heterocycles. The minimum Gasteiger partial charge on any atom is -0.493 e. The Balaban J connectivity index is 1.75. The molecule has 0 aliphatic rings. The smallest absolute Gasteiger partial charge is 0.319 e. The van der Waals surface area contributed by atoms with Crippen LogP contribution in [0.25, 0.3) is 0 Å². The van der Waals surface area contributed by atoms with Gasteiger partial charge in [0.2, 0.25) is 5.91 Å². The molecule has 3 N–H and O–H groups in total. The fraction of sp³-hybridized carbons (Fsp3) is 0.300. The van der Waals surface area contributed by atoms with E-state index < -0.39 is 0 Å². The van der Waals surface area contributed by atoms with Crippen molar-refractivity contribution in [1.29, 1.82) is 0 Å². The third kappa shape index (κ3) is 6.47. The quantitative estimate of drug-likeness (QED) is 0.628. The summed E-state index contributed by atoms with van der Waals surface area (Å²) in [4.78, 5) is 23.6. The van der Waals surface area contributed by atoms with Gasteiger partial charge in [-0.2, -0.15) is 0 Å². The van der Waals surface area contributed by atoms with E-state index >= 15 is 0 Å². The molecule has 0 atom stereocenters. The van der Waals surface area contributed by atoms with Crippen molar-refractivity contribution in [1.82, 2.24) is 5.32 Å². The van der Waals surface area contributed by atoms with E-state index in [1.54, 1.807) is 24.3 Å². The zero-order valence-corrected chi connectivity index (χ0v) is 15.2. The molecule has 0 unspecified atom stereocenters. The Hall–Kier alpha value is -3.02. The van der Waals surface area contributed by atoms with Crippen LogP contribution in [-0.2, 0) is 4.79 Å². The molecule has 0 heterocycles. The van der Waals surface area contributed by atoms with Crippen LogP contribution < -0.4 is 20.7 Å². The number of carbonyl (C=O) groups excluding carboxylic acids is 2. The maximum absolute atomic E-state index is 12.1. The van der Waals surface area contributed by atoms with Crippen LogP contribution in [0.3, 0.4) is 0 Å². The first kappa shape index (κ1) is 19.3. The molecule has 2 aromatic carbocycles. The molecule has 6 heteroatoms. The molecule has 0 aromatic heterocycles.